The summed E-state index contributed by atoms with van der Waals surface area (Å²) < 4.78 is 5.65. The predicted molar refractivity (Wildman–Crippen MR) is 85.4 cm³/mol. The monoisotopic (exact) mass is 324 g/mol. The van der Waals surface area contributed by atoms with Gasteiger partial charge in [0.15, 0.2) is 0 Å². The highest BCUT2D eigenvalue weighted by Crippen LogP contribution is 2.32. The van der Waals surface area contributed by atoms with Gasteiger partial charge in [0, 0.05) is 25.7 Å². The molecule has 0 saturated carbocycles. The number of rotatable bonds is 3. The maximum absolute atomic E-state index is 11.8. The standard InChI is InChI=1S/C15H14Cl2N2O2/c1-19(2)15(20)9-3-6-14(13(18)7-9)21-10-4-5-11(16)12(17)8-10/h3-8H,18H2,1-2H3. The molecule has 0 aliphatic carbocycles. The highest BCUT2D eigenvalue weighted by atomic mass is 35.5. The molecule has 0 fully saturated rings. The first-order valence-corrected chi connectivity index (χ1v) is 6.88. The summed E-state index contributed by atoms with van der Waals surface area (Å²) in [5, 5.41) is 0.844. The average molecular weight is 325 g/mol. The van der Waals surface area contributed by atoms with Crippen molar-refractivity contribution < 1.29 is 9.53 Å². The summed E-state index contributed by atoms with van der Waals surface area (Å²) in [4.78, 5) is 13.3. The molecule has 0 aromatic heterocycles. The molecule has 0 bridgehead atoms. The van der Waals surface area contributed by atoms with E-state index >= 15 is 0 Å². The van der Waals surface area contributed by atoms with E-state index in [1.54, 1.807) is 50.5 Å². The fourth-order valence-corrected chi connectivity index (χ4v) is 1.99. The molecule has 2 N–H and O–H groups in total. The number of anilines is 1. The summed E-state index contributed by atoms with van der Waals surface area (Å²) >= 11 is 11.8. The molecule has 0 atom stereocenters. The number of carbonyl (C=O) groups is 1. The molecule has 0 spiro atoms. The molecular formula is C15H14Cl2N2O2. The Hall–Kier alpha value is -1.91. The Morgan fingerprint density at radius 3 is 2.38 bits per heavy atom. The van der Waals surface area contributed by atoms with E-state index in [2.05, 4.69) is 0 Å². The molecule has 0 unspecified atom stereocenters. The minimum Gasteiger partial charge on any atom is -0.455 e. The second kappa shape index (κ2) is 6.24. The minimum atomic E-state index is -0.122. The van der Waals surface area contributed by atoms with Gasteiger partial charge in [0.05, 0.1) is 15.7 Å². The number of nitrogens with zero attached hydrogens (tertiary/aromatic N) is 1. The van der Waals surface area contributed by atoms with E-state index in [9.17, 15) is 4.79 Å². The van der Waals surface area contributed by atoms with Crippen molar-refractivity contribution >= 4 is 34.8 Å². The van der Waals surface area contributed by atoms with Gasteiger partial charge in [0.2, 0.25) is 0 Å². The summed E-state index contributed by atoms with van der Waals surface area (Å²) in [6, 6.07) is 9.81. The van der Waals surface area contributed by atoms with Crippen LogP contribution in [0.5, 0.6) is 11.5 Å². The molecule has 110 valence electrons. The maximum Gasteiger partial charge on any atom is 0.253 e. The zero-order chi connectivity index (χ0) is 15.6. The van der Waals surface area contributed by atoms with Crippen molar-refractivity contribution in [2.45, 2.75) is 0 Å². The first kappa shape index (κ1) is 15.5. The zero-order valence-electron chi connectivity index (χ0n) is 11.6. The molecule has 6 heteroatoms. The number of benzene rings is 2. The lowest BCUT2D eigenvalue weighted by atomic mass is 10.1. The summed E-state index contributed by atoms with van der Waals surface area (Å²) in [7, 11) is 3.36. The Morgan fingerprint density at radius 1 is 1.10 bits per heavy atom. The highest BCUT2D eigenvalue weighted by Gasteiger charge is 2.11. The molecule has 4 nitrogen and oxygen atoms in total. The lowest BCUT2D eigenvalue weighted by molar-refractivity contribution is 0.0827. The Bertz CT molecular complexity index is 687. The van der Waals surface area contributed by atoms with Crippen LogP contribution >= 0.6 is 23.2 Å². The second-order valence-electron chi connectivity index (χ2n) is 4.63. The van der Waals surface area contributed by atoms with Crippen LogP contribution in [0, 0.1) is 0 Å². The molecule has 2 rings (SSSR count). The van der Waals surface area contributed by atoms with Gasteiger partial charge in [-0.15, -0.1) is 0 Å². The second-order valence-corrected chi connectivity index (χ2v) is 5.44. The Labute approximate surface area is 133 Å². The van der Waals surface area contributed by atoms with Crippen LogP contribution in [0.2, 0.25) is 10.0 Å². The molecule has 0 aliphatic heterocycles. The van der Waals surface area contributed by atoms with Crippen LogP contribution < -0.4 is 10.5 Å². The van der Waals surface area contributed by atoms with E-state index in [1.165, 1.54) is 4.90 Å². The van der Waals surface area contributed by atoms with Crippen LogP contribution in [0.3, 0.4) is 0 Å². The fraction of sp³-hybridized carbons (Fsp3) is 0.133. The van der Waals surface area contributed by atoms with Crippen LogP contribution in [0.15, 0.2) is 36.4 Å². The molecule has 0 saturated heterocycles. The Morgan fingerprint density at radius 2 is 1.81 bits per heavy atom. The third-order valence-corrected chi connectivity index (χ3v) is 3.52. The maximum atomic E-state index is 11.8. The summed E-state index contributed by atoms with van der Waals surface area (Å²) in [5.41, 5.74) is 6.79. The van der Waals surface area contributed by atoms with Crippen molar-refractivity contribution in [2.75, 3.05) is 19.8 Å². The van der Waals surface area contributed by atoms with Crippen LogP contribution in [0.1, 0.15) is 10.4 Å². The van der Waals surface area contributed by atoms with Gasteiger partial charge in [-0.2, -0.15) is 0 Å². The average Bonchev–Trinajstić information content (AvgIpc) is 2.44. The smallest absolute Gasteiger partial charge is 0.253 e. The zero-order valence-corrected chi connectivity index (χ0v) is 13.1. The van der Waals surface area contributed by atoms with Crippen LogP contribution in [-0.2, 0) is 0 Å². The van der Waals surface area contributed by atoms with Crippen LogP contribution in [0.4, 0.5) is 5.69 Å². The minimum absolute atomic E-state index is 0.122. The SMILES string of the molecule is CN(C)C(=O)c1ccc(Oc2ccc(Cl)c(Cl)c2)c(N)c1. The van der Waals surface area contributed by atoms with Gasteiger partial charge >= 0.3 is 0 Å². The highest BCUT2D eigenvalue weighted by molar-refractivity contribution is 6.42. The third-order valence-electron chi connectivity index (χ3n) is 2.78. The van der Waals surface area contributed by atoms with Crippen LogP contribution in [-0.4, -0.2) is 24.9 Å². The van der Waals surface area contributed by atoms with Crippen LogP contribution in [0.25, 0.3) is 0 Å². The Balaban J connectivity index is 2.25. The van der Waals surface area contributed by atoms with E-state index in [0.717, 1.165) is 0 Å². The van der Waals surface area contributed by atoms with E-state index in [0.29, 0.717) is 32.8 Å². The van der Waals surface area contributed by atoms with Gasteiger partial charge in [0.25, 0.3) is 5.91 Å². The van der Waals surface area contributed by atoms with Gasteiger partial charge in [-0.25, -0.2) is 0 Å². The first-order chi connectivity index (χ1) is 9.88. The van der Waals surface area contributed by atoms with Crippen molar-refractivity contribution in [1.29, 1.82) is 0 Å². The van der Waals surface area contributed by atoms with E-state index in [1.807, 2.05) is 0 Å². The largest absolute Gasteiger partial charge is 0.455 e. The third kappa shape index (κ3) is 3.60. The van der Waals surface area contributed by atoms with Crippen molar-refractivity contribution in [3.8, 4) is 11.5 Å². The number of hydrogen-bond donors (Lipinski definition) is 1. The van der Waals surface area contributed by atoms with E-state index in [-0.39, 0.29) is 5.91 Å². The molecule has 0 aliphatic rings. The molecule has 21 heavy (non-hydrogen) atoms. The lowest BCUT2D eigenvalue weighted by Crippen LogP contribution is -2.21. The fourth-order valence-electron chi connectivity index (χ4n) is 1.70. The van der Waals surface area contributed by atoms with Gasteiger partial charge in [-0.1, -0.05) is 23.2 Å². The molecule has 1 amide bonds. The van der Waals surface area contributed by atoms with Gasteiger partial charge in [0.1, 0.15) is 11.5 Å². The van der Waals surface area contributed by atoms with Crippen molar-refractivity contribution in [3.05, 3.63) is 52.0 Å². The number of nitrogen functional groups attached to an aromatic ring is 1. The normalized spacial score (nSPS) is 10.3. The lowest BCUT2D eigenvalue weighted by Gasteiger charge is -2.13. The van der Waals surface area contributed by atoms with Crippen molar-refractivity contribution in [3.63, 3.8) is 0 Å². The predicted octanol–water partition coefficient (Wildman–Crippen LogP) is 4.07. The number of halogens is 2. The topological polar surface area (TPSA) is 55.6 Å². The van der Waals surface area contributed by atoms with E-state index < -0.39 is 0 Å². The number of ether oxygens (including phenoxy) is 1. The van der Waals surface area contributed by atoms with Gasteiger partial charge < -0.3 is 15.4 Å². The Kier molecular flexibility index (Phi) is 4.60. The summed E-state index contributed by atoms with van der Waals surface area (Å²) in [6.45, 7) is 0. The van der Waals surface area contributed by atoms with Gasteiger partial charge in [-0.3, -0.25) is 4.79 Å². The summed E-state index contributed by atoms with van der Waals surface area (Å²) in [5.74, 6) is 0.842. The van der Waals surface area contributed by atoms with Gasteiger partial charge in [-0.05, 0) is 30.3 Å². The number of carbonyl (C=O) groups excluding carboxylic acids is 1. The van der Waals surface area contributed by atoms with Crippen molar-refractivity contribution in [1.82, 2.24) is 4.90 Å². The molecule has 2 aromatic rings. The quantitative estimate of drug-likeness (QED) is 0.866. The number of amides is 1. The molecule has 0 radical (unpaired) electrons. The van der Waals surface area contributed by atoms with E-state index in [4.69, 9.17) is 33.7 Å². The summed E-state index contributed by atoms with van der Waals surface area (Å²) in [6.07, 6.45) is 0. The molecular weight excluding hydrogens is 311 g/mol. The first-order valence-electron chi connectivity index (χ1n) is 6.12. The number of hydrogen-bond acceptors (Lipinski definition) is 3. The molecule has 0 heterocycles. The molecule has 2 aromatic carbocycles. The van der Waals surface area contributed by atoms with Crippen molar-refractivity contribution in [2.24, 2.45) is 0 Å². The number of nitrogens with two attached hydrogens (primary N) is 1.